The van der Waals surface area contributed by atoms with Gasteiger partial charge in [0.25, 0.3) is 0 Å². The van der Waals surface area contributed by atoms with E-state index in [2.05, 4.69) is 33.3 Å². The van der Waals surface area contributed by atoms with Gasteiger partial charge in [0.1, 0.15) is 6.54 Å². The number of hydrogen-bond acceptors (Lipinski definition) is 2. The summed E-state index contributed by atoms with van der Waals surface area (Å²) in [6, 6.07) is 0.281. The molecule has 1 aromatic rings. The van der Waals surface area contributed by atoms with Gasteiger partial charge in [-0.3, -0.25) is 9.48 Å². The highest BCUT2D eigenvalue weighted by molar-refractivity contribution is 9.10. The van der Waals surface area contributed by atoms with Gasteiger partial charge in [-0.25, -0.2) is 0 Å². The van der Waals surface area contributed by atoms with Crippen molar-refractivity contribution in [1.82, 2.24) is 15.1 Å². The van der Waals surface area contributed by atoms with E-state index in [9.17, 15) is 4.79 Å². The lowest BCUT2D eigenvalue weighted by Crippen LogP contribution is -2.56. The fourth-order valence-electron chi connectivity index (χ4n) is 5.87. The van der Waals surface area contributed by atoms with Crippen LogP contribution >= 0.6 is 15.9 Å². The molecule has 1 heterocycles. The lowest BCUT2D eigenvalue weighted by molar-refractivity contribution is -0.126. The smallest absolute Gasteiger partial charge is 0.241 e. The number of carbonyl (C=O) groups excluding carboxylic acids is 1. The lowest BCUT2D eigenvalue weighted by Gasteiger charge is -2.59. The van der Waals surface area contributed by atoms with E-state index in [0.717, 1.165) is 27.9 Å². The summed E-state index contributed by atoms with van der Waals surface area (Å²) in [5.41, 5.74) is 1.29. The van der Waals surface area contributed by atoms with Crippen LogP contribution in [-0.2, 0) is 11.3 Å². The summed E-state index contributed by atoms with van der Waals surface area (Å²) >= 11 is 3.45. The number of halogens is 1. The number of aromatic nitrogens is 2. The lowest BCUT2D eigenvalue weighted by atomic mass is 9.48. The van der Waals surface area contributed by atoms with Crippen molar-refractivity contribution in [3.05, 3.63) is 16.4 Å². The SMILES string of the molecule is Cc1nn(CC(=O)N[C@@H](C)C23CC4CC(CC(C4)C2)C3)cc1Br. The standard InChI is InChI=1S/C18H26BrN3O/c1-11-16(19)9-22(21-11)10-17(23)20-12(2)18-6-13-3-14(7-18)5-15(4-13)8-18/h9,12-15H,3-8,10H2,1-2H3,(H,20,23)/t12-,13?,14?,15?,18?/m0/s1. The Balaban J connectivity index is 1.41. The second-order valence-electron chi connectivity index (χ2n) is 8.33. The van der Waals surface area contributed by atoms with Crippen molar-refractivity contribution >= 4 is 21.8 Å². The summed E-state index contributed by atoms with van der Waals surface area (Å²) in [5, 5.41) is 7.66. The van der Waals surface area contributed by atoms with Crippen LogP contribution in [-0.4, -0.2) is 21.7 Å². The molecule has 0 spiro atoms. The van der Waals surface area contributed by atoms with E-state index in [4.69, 9.17) is 0 Å². The van der Waals surface area contributed by atoms with Gasteiger partial charge < -0.3 is 5.32 Å². The molecule has 23 heavy (non-hydrogen) atoms. The molecule has 1 aromatic heterocycles. The topological polar surface area (TPSA) is 46.9 Å². The van der Waals surface area contributed by atoms with Gasteiger partial charge >= 0.3 is 0 Å². The molecule has 4 aliphatic carbocycles. The van der Waals surface area contributed by atoms with E-state index in [1.54, 1.807) is 4.68 Å². The second kappa shape index (κ2) is 5.61. The van der Waals surface area contributed by atoms with E-state index in [-0.39, 0.29) is 11.9 Å². The number of aryl methyl sites for hydroxylation is 1. The summed E-state index contributed by atoms with van der Waals surface area (Å²) < 4.78 is 2.68. The molecule has 0 radical (unpaired) electrons. The zero-order chi connectivity index (χ0) is 16.2. The number of nitrogens with zero attached hydrogens (tertiary/aromatic N) is 2. The van der Waals surface area contributed by atoms with Crippen molar-refractivity contribution in [3.63, 3.8) is 0 Å². The monoisotopic (exact) mass is 379 g/mol. The quantitative estimate of drug-likeness (QED) is 0.866. The van der Waals surface area contributed by atoms with Crippen LogP contribution in [0.25, 0.3) is 0 Å². The van der Waals surface area contributed by atoms with Crippen molar-refractivity contribution < 1.29 is 4.79 Å². The molecule has 1 atom stereocenters. The number of hydrogen-bond donors (Lipinski definition) is 1. The van der Waals surface area contributed by atoms with Crippen LogP contribution < -0.4 is 5.32 Å². The Morgan fingerprint density at radius 3 is 2.39 bits per heavy atom. The number of carbonyl (C=O) groups is 1. The van der Waals surface area contributed by atoms with Gasteiger partial charge in [0.2, 0.25) is 5.91 Å². The molecule has 5 rings (SSSR count). The minimum Gasteiger partial charge on any atom is -0.351 e. The third-order valence-corrected chi connectivity index (χ3v) is 7.35. The van der Waals surface area contributed by atoms with Crippen molar-refractivity contribution in [2.24, 2.45) is 23.2 Å². The zero-order valence-corrected chi connectivity index (χ0v) is 15.6. The highest BCUT2D eigenvalue weighted by Crippen LogP contribution is 2.61. The highest BCUT2D eigenvalue weighted by Gasteiger charge is 2.53. The first kappa shape index (κ1) is 15.7. The Morgan fingerprint density at radius 1 is 1.35 bits per heavy atom. The maximum atomic E-state index is 12.4. The molecule has 1 N–H and O–H groups in total. The molecule has 0 unspecified atom stereocenters. The fraction of sp³-hybridized carbons (Fsp3) is 0.778. The molecule has 4 saturated carbocycles. The number of rotatable bonds is 4. The molecule has 126 valence electrons. The van der Waals surface area contributed by atoms with Gasteiger partial charge in [0, 0.05) is 12.2 Å². The fourth-order valence-corrected chi connectivity index (χ4v) is 6.19. The molecule has 0 saturated heterocycles. The van der Waals surface area contributed by atoms with Crippen molar-refractivity contribution in [1.29, 1.82) is 0 Å². The number of amides is 1. The Kier molecular flexibility index (Phi) is 3.82. The molecular formula is C18H26BrN3O. The largest absolute Gasteiger partial charge is 0.351 e. The van der Waals surface area contributed by atoms with Gasteiger partial charge in [-0.15, -0.1) is 0 Å². The summed E-state index contributed by atoms with van der Waals surface area (Å²) in [6.07, 6.45) is 10.2. The van der Waals surface area contributed by atoms with Gasteiger partial charge in [-0.1, -0.05) is 0 Å². The Bertz CT molecular complexity index is 569. The average molecular weight is 380 g/mol. The third kappa shape index (κ3) is 2.86. The summed E-state index contributed by atoms with van der Waals surface area (Å²) in [6.45, 7) is 4.48. The van der Waals surface area contributed by atoms with Gasteiger partial charge in [0.05, 0.1) is 10.2 Å². The first-order chi connectivity index (χ1) is 10.9. The van der Waals surface area contributed by atoms with Crippen LogP contribution in [0.1, 0.15) is 51.1 Å². The van der Waals surface area contributed by atoms with Crippen LogP contribution in [0.4, 0.5) is 0 Å². The van der Waals surface area contributed by atoms with Crippen LogP contribution in [0.3, 0.4) is 0 Å². The van der Waals surface area contributed by atoms with Crippen LogP contribution in [0.5, 0.6) is 0 Å². The second-order valence-corrected chi connectivity index (χ2v) is 9.18. The molecular weight excluding hydrogens is 354 g/mol. The highest BCUT2D eigenvalue weighted by atomic mass is 79.9. The summed E-state index contributed by atoms with van der Waals surface area (Å²) in [5.74, 6) is 2.85. The molecule has 4 bridgehead atoms. The first-order valence-electron chi connectivity index (χ1n) is 8.92. The third-order valence-electron chi connectivity index (χ3n) is 6.57. The predicted octanol–water partition coefficient (Wildman–Crippen LogP) is 3.68. The van der Waals surface area contributed by atoms with E-state index in [0.29, 0.717) is 12.0 Å². The molecule has 4 nitrogen and oxygen atoms in total. The van der Waals surface area contributed by atoms with E-state index < -0.39 is 0 Å². The minimum absolute atomic E-state index is 0.0863. The first-order valence-corrected chi connectivity index (χ1v) is 9.72. The summed E-state index contributed by atoms with van der Waals surface area (Å²) in [4.78, 5) is 12.4. The summed E-state index contributed by atoms with van der Waals surface area (Å²) in [7, 11) is 0. The van der Waals surface area contributed by atoms with Crippen LogP contribution in [0, 0.1) is 30.1 Å². The molecule has 0 aromatic carbocycles. The average Bonchev–Trinajstić information content (AvgIpc) is 2.75. The minimum atomic E-state index is 0.0863. The predicted molar refractivity (Wildman–Crippen MR) is 92.9 cm³/mol. The Hall–Kier alpha value is -0.840. The maximum Gasteiger partial charge on any atom is 0.241 e. The van der Waals surface area contributed by atoms with Crippen molar-refractivity contribution in [2.45, 2.75) is 65.0 Å². The number of nitrogens with one attached hydrogen (secondary N) is 1. The molecule has 0 aliphatic heterocycles. The van der Waals surface area contributed by atoms with Gasteiger partial charge in [-0.05, 0) is 91.5 Å². The Morgan fingerprint density at radius 2 is 1.91 bits per heavy atom. The molecule has 4 fully saturated rings. The van der Waals surface area contributed by atoms with Gasteiger partial charge in [-0.2, -0.15) is 5.10 Å². The van der Waals surface area contributed by atoms with E-state index in [1.165, 1.54) is 38.5 Å². The zero-order valence-electron chi connectivity index (χ0n) is 14.0. The molecule has 4 aliphatic rings. The Labute approximate surface area is 146 Å². The van der Waals surface area contributed by atoms with Crippen LogP contribution in [0.2, 0.25) is 0 Å². The maximum absolute atomic E-state index is 12.4. The molecule has 5 heteroatoms. The molecule has 1 amide bonds. The van der Waals surface area contributed by atoms with E-state index >= 15 is 0 Å². The van der Waals surface area contributed by atoms with Gasteiger partial charge in [0.15, 0.2) is 0 Å². The van der Waals surface area contributed by atoms with Crippen molar-refractivity contribution in [3.8, 4) is 0 Å². The van der Waals surface area contributed by atoms with Crippen molar-refractivity contribution in [2.75, 3.05) is 0 Å². The van der Waals surface area contributed by atoms with Crippen LogP contribution in [0.15, 0.2) is 10.7 Å². The normalized spacial score (nSPS) is 36.2. The van der Waals surface area contributed by atoms with E-state index in [1.807, 2.05) is 13.1 Å².